The van der Waals surface area contributed by atoms with Crippen molar-refractivity contribution in [3.63, 3.8) is 0 Å². The predicted octanol–water partition coefficient (Wildman–Crippen LogP) is 1.02. The lowest BCUT2D eigenvalue weighted by molar-refractivity contribution is -0.157. The van der Waals surface area contributed by atoms with E-state index in [1.54, 1.807) is 51.1 Å². The number of carbonyl (C=O) groups excluding carboxylic acids is 3. The van der Waals surface area contributed by atoms with E-state index in [9.17, 15) is 14.4 Å². The maximum atomic E-state index is 12.0. The van der Waals surface area contributed by atoms with E-state index in [0.29, 0.717) is 5.56 Å². The molecule has 1 aliphatic rings. The van der Waals surface area contributed by atoms with Gasteiger partial charge in [-0.3, -0.25) is 9.59 Å². The van der Waals surface area contributed by atoms with E-state index in [-0.39, 0.29) is 18.2 Å². The Morgan fingerprint density at radius 2 is 1.86 bits per heavy atom. The Kier molecular flexibility index (Phi) is 4.49. The molecule has 1 aromatic rings. The molecular formula is C16H20N2O4. The topological polar surface area (TPSA) is 84.5 Å². The lowest BCUT2D eigenvalue weighted by atomic mass is 10.1. The smallest absolute Gasteiger partial charge is 0.329 e. The molecule has 1 saturated heterocycles. The average molecular weight is 304 g/mol. The van der Waals surface area contributed by atoms with Crippen molar-refractivity contribution in [2.24, 2.45) is 0 Å². The Hall–Kier alpha value is -2.37. The largest absolute Gasteiger partial charge is 0.458 e. The summed E-state index contributed by atoms with van der Waals surface area (Å²) in [6.45, 7) is 5.28. The van der Waals surface area contributed by atoms with Gasteiger partial charge in [0.25, 0.3) is 5.91 Å². The van der Waals surface area contributed by atoms with Crippen LogP contribution in [0.5, 0.6) is 0 Å². The first kappa shape index (κ1) is 16.0. The molecule has 0 bridgehead atoms. The molecule has 22 heavy (non-hydrogen) atoms. The number of hydrogen-bond donors (Lipinski definition) is 2. The molecule has 1 aliphatic heterocycles. The van der Waals surface area contributed by atoms with Crippen LogP contribution in [0.2, 0.25) is 0 Å². The third-order valence-corrected chi connectivity index (χ3v) is 3.14. The zero-order valence-electron chi connectivity index (χ0n) is 12.9. The monoisotopic (exact) mass is 304 g/mol. The van der Waals surface area contributed by atoms with Gasteiger partial charge in [0.15, 0.2) is 0 Å². The molecule has 0 unspecified atom stereocenters. The quantitative estimate of drug-likeness (QED) is 0.816. The van der Waals surface area contributed by atoms with E-state index in [2.05, 4.69) is 10.6 Å². The van der Waals surface area contributed by atoms with Gasteiger partial charge in [-0.15, -0.1) is 0 Å². The van der Waals surface area contributed by atoms with Crippen molar-refractivity contribution in [2.45, 2.75) is 44.9 Å². The second-order valence-corrected chi connectivity index (χ2v) is 6.22. The minimum Gasteiger partial charge on any atom is -0.458 e. The molecule has 0 radical (unpaired) electrons. The van der Waals surface area contributed by atoms with Gasteiger partial charge in [0.05, 0.1) is 0 Å². The number of nitrogens with one attached hydrogen (secondary N) is 2. The molecule has 1 heterocycles. The van der Waals surface area contributed by atoms with Crippen molar-refractivity contribution in [3.8, 4) is 0 Å². The normalized spacial score (nSPS) is 21.1. The van der Waals surface area contributed by atoms with E-state index in [1.165, 1.54) is 0 Å². The van der Waals surface area contributed by atoms with Gasteiger partial charge in [0.2, 0.25) is 5.91 Å². The summed E-state index contributed by atoms with van der Waals surface area (Å²) in [7, 11) is 0. The molecule has 118 valence electrons. The lowest BCUT2D eigenvalue weighted by Crippen LogP contribution is -2.40. The minimum atomic E-state index is -0.731. The summed E-state index contributed by atoms with van der Waals surface area (Å²) < 4.78 is 5.24. The van der Waals surface area contributed by atoms with Crippen LogP contribution in [-0.4, -0.2) is 35.5 Å². The fourth-order valence-corrected chi connectivity index (χ4v) is 2.16. The maximum Gasteiger partial charge on any atom is 0.329 e. The van der Waals surface area contributed by atoms with Gasteiger partial charge in [-0.05, 0) is 32.9 Å². The molecular weight excluding hydrogens is 284 g/mol. The zero-order valence-corrected chi connectivity index (χ0v) is 12.9. The minimum absolute atomic E-state index is 0.187. The molecule has 2 atom stereocenters. The highest BCUT2D eigenvalue weighted by Crippen LogP contribution is 2.15. The summed E-state index contributed by atoms with van der Waals surface area (Å²) in [4.78, 5) is 35.9. The molecule has 0 spiro atoms. The molecule has 1 aromatic carbocycles. The van der Waals surface area contributed by atoms with Crippen LogP contribution in [0.25, 0.3) is 0 Å². The third-order valence-electron chi connectivity index (χ3n) is 3.14. The highest BCUT2D eigenvalue weighted by molar-refractivity contribution is 5.99. The van der Waals surface area contributed by atoms with Crippen molar-refractivity contribution in [3.05, 3.63) is 35.9 Å². The first-order valence-electron chi connectivity index (χ1n) is 7.15. The number of amides is 2. The Bertz CT molecular complexity index is 578. The molecule has 2 rings (SSSR count). The number of carbonyl (C=O) groups is 3. The fraction of sp³-hybridized carbons (Fsp3) is 0.438. The predicted molar refractivity (Wildman–Crippen MR) is 80.1 cm³/mol. The average Bonchev–Trinajstić information content (AvgIpc) is 2.79. The molecule has 0 saturated carbocycles. The van der Waals surface area contributed by atoms with E-state index in [4.69, 9.17) is 4.74 Å². The zero-order chi connectivity index (χ0) is 16.3. The molecule has 2 N–H and O–H groups in total. The summed E-state index contributed by atoms with van der Waals surface area (Å²) in [5.41, 5.74) is -0.149. The molecule has 0 aromatic heterocycles. The van der Waals surface area contributed by atoms with Crippen LogP contribution in [0, 0.1) is 0 Å². The SMILES string of the molecule is CC(C)(C)OC(=O)[C@H]1C[C@H](NC(=O)c2ccccc2)C(=O)N1. The second-order valence-electron chi connectivity index (χ2n) is 6.22. The van der Waals surface area contributed by atoms with Crippen LogP contribution in [0.3, 0.4) is 0 Å². The summed E-state index contributed by atoms with van der Waals surface area (Å²) in [6, 6.07) is 7.15. The summed E-state index contributed by atoms with van der Waals surface area (Å²) in [5.74, 6) is -1.21. The van der Waals surface area contributed by atoms with Crippen LogP contribution in [0.15, 0.2) is 30.3 Å². The number of ether oxygens (including phenoxy) is 1. The van der Waals surface area contributed by atoms with Crippen LogP contribution in [0.4, 0.5) is 0 Å². The van der Waals surface area contributed by atoms with Gasteiger partial charge in [-0.25, -0.2) is 4.79 Å². The Labute approximate surface area is 129 Å². The molecule has 1 fully saturated rings. The number of rotatable bonds is 3. The highest BCUT2D eigenvalue weighted by atomic mass is 16.6. The molecule has 6 nitrogen and oxygen atoms in total. The van der Waals surface area contributed by atoms with Crippen LogP contribution >= 0.6 is 0 Å². The molecule has 2 amide bonds. The Morgan fingerprint density at radius 1 is 1.23 bits per heavy atom. The van der Waals surface area contributed by atoms with Crippen molar-refractivity contribution in [1.82, 2.24) is 10.6 Å². The fourth-order valence-electron chi connectivity index (χ4n) is 2.16. The number of hydrogen-bond acceptors (Lipinski definition) is 4. The first-order chi connectivity index (χ1) is 10.3. The van der Waals surface area contributed by atoms with E-state index in [1.807, 2.05) is 0 Å². The molecule has 0 aliphatic carbocycles. The van der Waals surface area contributed by atoms with Gasteiger partial charge in [0, 0.05) is 12.0 Å². The van der Waals surface area contributed by atoms with Gasteiger partial charge in [-0.2, -0.15) is 0 Å². The van der Waals surface area contributed by atoms with Crippen molar-refractivity contribution >= 4 is 17.8 Å². The van der Waals surface area contributed by atoms with Crippen molar-refractivity contribution in [2.75, 3.05) is 0 Å². The first-order valence-corrected chi connectivity index (χ1v) is 7.15. The summed E-state index contributed by atoms with van der Waals surface area (Å²) in [5, 5.41) is 5.19. The van der Waals surface area contributed by atoms with Crippen molar-refractivity contribution in [1.29, 1.82) is 0 Å². The summed E-state index contributed by atoms with van der Waals surface area (Å²) >= 11 is 0. The summed E-state index contributed by atoms with van der Waals surface area (Å²) in [6.07, 6.45) is 0.187. The van der Waals surface area contributed by atoms with Gasteiger partial charge in [0.1, 0.15) is 17.7 Å². The third kappa shape index (κ3) is 4.07. The van der Waals surface area contributed by atoms with Gasteiger partial charge < -0.3 is 15.4 Å². The van der Waals surface area contributed by atoms with Gasteiger partial charge >= 0.3 is 5.97 Å². The number of esters is 1. The van der Waals surface area contributed by atoms with E-state index in [0.717, 1.165) is 0 Å². The second kappa shape index (κ2) is 6.17. The van der Waals surface area contributed by atoms with E-state index >= 15 is 0 Å². The van der Waals surface area contributed by atoms with Crippen LogP contribution < -0.4 is 10.6 Å². The van der Waals surface area contributed by atoms with Crippen molar-refractivity contribution < 1.29 is 19.1 Å². The number of benzene rings is 1. The molecule has 6 heteroatoms. The maximum absolute atomic E-state index is 12.0. The van der Waals surface area contributed by atoms with Crippen LogP contribution in [0.1, 0.15) is 37.6 Å². The lowest BCUT2D eigenvalue weighted by Gasteiger charge is -2.21. The standard InChI is InChI=1S/C16H20N2O4/c1-16(2,3)22-15(21)12-9-11(14(20)18-12)17-13(19)10-7-5-4-6-8-10/h4-8,11-12H,9H2,1-3H3,(H,17,19)(H,18,20)/t11-,12+/m0/s1. The van der Waals surface area contributed by atoms with Crippen LogP contribution in [-0.2, 0) is 14.3 Å². The van der Waals surface area contributed by atoms with E-state index < -0.39 is 23.7 Å². The van der Waals surface area contributed by atoms with Gasteiger partial charge in [-0.1, -0.05) is 18.2 Å². The Balaban J connectivity index is 1.96. The highest BCUT2D eigenvalue weighted by Gasteiger charge is 2.39. The Morgan fingerprint density at radius 3 is 2.45 bits per heavy atom.